The fourth-order valence-electron chi connectivity index (χ4n) is 4.68. The van der Waals surface area contributed by atoms with Gasteiger partial charge in [-0.3, -0.25) is 64.4 Å². The maximum Gasteiger partial charge on any atom is 0.313 e. The molecule has 1 aliphatic heterocycles. The van der Waals surface area contributed by atoms with Crippen molar-refractivity contribution < 1.29 is 87.4 Å². The fourth-order valence-corrected chi connectivity index (χ4v) is 4.68. The Morgan fingerprint density at radius 3 is 1.55 bits per heavy atom. The average Bonchev–Trinajstić information content (AvgIpc) is 3.16. The molecular weight excluding hydrogens is 792 g/mol. The van der Waals surface area contributed by atoms with Crippen molar-refractivity contribution in [2.75, 3.05) is 39.9 Å². The molecule has 5 unspecified atom stereocenters. The van der Waals surface area contributed by atoms with Crippen LogP contribution in [0.1, 0.15) is 41.6 Å². The summed E-state index contributed by atoms with van der Waals surface area (Å²) in [4.78, 5) is 99.4. The molecule has 0 spiro atoms. The number of para-hydroxylation sites is 1. The zero-order chi connectivity index (χ0) is 43.5. The number of esters is 4. The molecule has 2 aromatic carbocycles. The van der Waals surface area contributed by atoms with Crippen LogP contribution in [0.2, 0.25) is 0 Å². The number of hydrogen-bond acceptors (Lipinski definition) is 22. The van der Waals surface area contributed by atoms with E-state index in [0.717, 1.165) is 0 Å². The molecule has 58 heavy (non-hydrogen) atoms. The van der Waals surface area contributed by atoms with Crippen molar-refractivity contribution in [2.45, 2.75) is 56.4 Å². The van der Waals surface area contributed by atoms with Crippen LogP contribution in [0.3, 0.4) is 0 Å². The van der Waals surface area contributed by atoms with E-state index in [-0.39, 0.29) is 22.6 Å². The van der Waals surface area contributed by atoms with Gasteiger partial charge in [-0.1, -0.05) is 12.1 Å². The number of ether oxygens (including phenoxy) is 6. The Kier molecular flexibility index (Phi) is 18.7. The maximum absolute atomic E-state index is 12.3. The Hall–Kier alpha value is -7.09. The van der Waals surface area contributed by atoms with E-state index in [1.54, 1.807) is 18.2 Å². The van der Waals surface area contributed by atoms with Gasteiger partial charge in [0, 0.05) is 25.8 Å². The topological polar surface area (TPSA) is 374 Å². The summed E-state index contributed by atoms with van der Waals surface area (Å²) in [5.41, 5.74) is 0.273. The average molecular weight is 829 g/mol. The molecule has 26 heteroatoms. The molecule has 0 aliphatic carbocycles. The Bertz CT molecular complexity index is 1840. The van der Waals surface area contributed by atoms with E-state index >= 15 is 0 Å². The molecule has 0 aromatic heterocycles. The lowest BCUT2D eigenvalue weighted by Gasteiger charge is -2.42. The summed E-state index contributed by atoms with van der Waals surface area (Å²) in [6, 6.07) is 10.6. The van der Waals surface area contributed by atoms with Crippen molar-refractivity contribution in [2.24, 2.45) is 0 Å². The largest absolute Gasteiger partial charge is 0.507 e. The molecule has 0 radical (unpaired) electrons. The van der Waals surface area contributed by atoms with Crippen molar-refractivity contribution in [3.63, 3.8) is 0 Å². The van der Waals surface area contributed by atoms with E-state index in [0.29, 0.717) is 5.75 Å². The number of phenolic OH excluding ortho intramolecular Hbond substituents is 2. The third-order valence-electron chi connectivity index (χ3n) is 7.41. The van der Waals surface area contributed by atoms with E-state index < -0.39 is 139 Å². The van der Waals surface area contributed by atoms with Gasteiger partial charge in [-0.25, -0.2) is 0 Å². The minimum absolute atomic E-state index is 0.113. The SMILES string of the molecule is COc1ccc(C(=O)c2ccccc2O)c(O)c1.O=C(CC[N+](=O)[O-])OCC1OC(O)C(OC(=O)CC[N+](=O)[O-])C(OC(=O)CC[N+](=O)[O-])C1OC(=O)CC[N+](=O)[O-]. The molecule has 3 rings (SSSR count). The van der Waals surface area contributed by atoms with Crippen molar-refractivity contribution in [1.82, 2.24) is 0 Å². The zero-order valence-corrected chi connectivity index (χ0v) is 30.2. The van der Waals surface area contributed by atoms with Gasteiger partial charge in [0.15, 0.2) is 30.4 Å². The minimum Gasteiger partial charge on any atom is -0.507 e. The van der Waals surface area contributed by atoms with Gasteiger partial charge in [-0.05, 0) is 24.3 Å². The van der Waals surface area contributed by atoms with Gasteiger partial charge in [-0.2, -0.15) is 0 Å². The van der Waals surface area contributed by atoms with Crippen molar-refractivity contribution >= 4 is 29.7 Å². The summed E-state index contributed by atoms with van der Waals surface area (Å²) in [7, 11) is 1.47. The molecule has 1 aliphatic rings. The summed E-state index contributed by atoms with van der Waals surface area (Å²) in [5, 5.41) is 72.0. The summed E-state index contributed by atoms with van der Waals surface area (Å²) in [5.74, 6) is -5.33. The number of aliphatic hydroxyl groups is 1. The molecule has 1 saturated heterocycles. The molecule has 1 fully saturated rings. The second kappa shape index (κ2) is 23.1. The van der Waals surface area contributed by atoms with Crippen molar-refractivity contribution in [3.8, 4) is 17.2 Å². The quantitative estimate of drug-likeness (QED) is 0.0519. The second-order valence-corrected chi connectivity index (χ2v) is 11.6. The van der Waals surface area contributed by atoms with Gasteiger partial charge in [0.25, 0.3) is 0 Å². The number of nitro groups is 4. The molecule has 0 bridgehead atoms. The summed E-state index contributed by atoms with van der Waals surface area (Å²) < 4.78 is 30.0. The predicted octanol–water partition coefficient (Wildman–Crippen LogP) is -0.0132. The van der Waals surface area contributed by atoms with Crippen LogP contribution in [0, 0.1) is 40.5 Å². The van der Waals surface area contributed by atoms with Gasteiger partial charge in [0.2, 0.25) is 26.2 Å². The van der Waals surface area contributed by atoms with Gasteiger partial charge in [-0.15, -0.1) is 0 Å². The van der Waals surface area contributed by atoms with Crippen LogP contribution < -0.4 is 4.74 Å². The van der Waals surface area contributed by atoms with Gasteiger partial charge in [0.1, 0.15) is 55.6 Å². The summed E-state index contributed by atoms with van der Waals surface area (Å²) >= 11 is 0. The lowest BCUT2D eigenvalue weighted by molar-refractivity contribution is -0.479. The van der Waals surface area contributed by atoms with Crippen LogP contribution in [-0.2, 0) is 42.9 Å². The summed E-state index contributed by atoms with van der Waals surface area (Å²) in [6.45, 7) is -4.46. The number of phenols is 2. The lowest BCUT2D eigenvalue weighted by atomic mass is 9.98. The third-order valence-corrected chi connectivity index (χ3v) is 7.41. The van der Waals surface area contributed by atoms with E-state index in [4.69, 9.17) is 28.4 Å². The number of ketones is 1. The number of aromatic hydroxyl groups is 2. The normalized spacial score (nSPS) is 18.2. The smallest absolute Gasteiger partial charge is 0.313 e. The number of methoxy groups -OCH3 is 1. The third kappa shape index (κ3) is 15.9. The number of benzene rings is 2. The van der Waals surface area contributed by atoms with Crippen LogP contribution >= 0.6 is 0 Å². The van der Waals surface area contributed by atoms with E-state index in [1.807, 2.05) is 0 Å². The molecule has 2 aromatic rings. The van der Waals surface area contributed by atoms with Crippen molar-refractivity contribution in [1.29, 1.82) is 0 Å². The number of nitrogens with zero attached hydrogens (tertiary/aromatic N) is 4. The number of carbonyl (C=O) groups excluding carboxylic acids is 5. The molecule has 5 atom stereocenters. The Balaban J connectivity index is 0.000000530. The van der Waals surface area contributed by atoms with Crippen LogP contribution in [-0.4, -0.2) is 135 Å². The minimum atomic E-state index is -2.22. The molecular formula is C32H36N4O22. The number of carbonyl (C=O) groups is 5. The van der Waals surface area contributed by atoms with E-state index in [2.05, 4.69) is 0 Å². The highest BCUT2D eigenvalue weighted by Crippen LogP contribution is 2.30. The number of aliphatic hydroxyl groups excluding tert-OH is 1. The van der Waals surface area contributed by atoms with Crippen LogP contribution in [0.4, 0.5) is 0 Å². The Morgan fingerprint density at radius 1 is 0.638 bits per heavy atom. The molecule has 1 heterocycles. The molecule has 316 valence electrons. The standard InChI is InChI=1S/C18H24N4O18.C14H12O4/c23-11(1-5-19(28)29)36-9-10-15(38-12(24)2-6-20(30)31)16(39-13(25)3-7-21(32)33)17(18(27)37-10)40-14(26)4-8-22(34)35;1-18-9-6-7-11(13(16)8-9)14(17)10-4-2-3-5-12(10)15/h10,15-18,27H,1-9H2;2-8,15-16H,1H3. The lowest BCUT2D eigenvalue weighted by Crippen LogP contribution is -2.62. The zero-order valence-electron chi connectivity index (χ0n) is 30.2. The van der Waals surface area contributed by atoms with Crippen molar-refractivity contribution in [3.05, 3.63) is 94.0 Å². The van der Waals surface area contributed by atoms with E-state index in [9.17, 15) is 79.7 Å². The van der Waals surface area contributed by atoms with Gasteiger partial charge < -0.3 is 43.7 Å². The fraction of sp³-hybridized carbons (Fsp3) is 0.469. The first kappa shape index (κ1) is 47.1. The highest BCUT2D eigenvalue weighted by atomic mass is 16.7. The molecule has 26 nitrogen and oxygen atoms in total. The molecule has 0 amide bonds. The number of hydrogen-bond donors (Lipinski definition) is 3. The first-order valence-electron chi connectivity index (χ1n) is 16.6. The highest BCUT2D eigenvalue weighted by Gasteiger charge is 2.52. The van der Waals surface area contributed by atoms with Crippen LogP contribution in [0.15, 0.2) is 42.5 Å². The number of rotatable bonds is 20. The van der Waals surface area contributed by atoms with Crippen LogP contribution in [0.25, 0.3) is 0 Å². The predicted molar refractivity (Wildman–Crippen MR) is 184 cm³/mol. The Morgan fingerprint density at radius 2 is 1.09 bits per heavy atom. The van der Waals surface area contributed by atoms with Gasteiger partial charge in [0.05, 0.1) is 18.2 Å². The summed E-state index contributed by atoms with van der Waals surface area (Å²) in [6.07, 6.45) is -13.2. The first-order chi connectivity index (χ1) is 27.3. The van der Waals surface area contributed by atoms with Gasteiger partial charge >= 0.3 is 23.9 Å². The maximum atomic E-state index is 12.3. The highest BCUT2D eigenvalue weighted by molar-refractivity contribution is 6.12. The Labute approximate surface area is 324 Å². The first-order valence-corrected chi connectivity index (χ1v) is 16.6. The van der Waals surface area contributed by atoms with E-state index in [1.165, 1.54) is 31.4 Å². The molecule has 3 N–H and O–H groups in total. The molecule has 0 saturated carbocycles. The monoisotopic (exact) mass is 828 g/mol. The second-order valence-electron chi connectivity index (χ2n) is 11.6. The van der Waals surface area contributed by atoms with Crippen LogP contribution in [0.5, 0.6) is 17.2 Å².